The Bertz CT molecular complexity index is 1700. The molecule has 1 aliphatic heterocycles. The summed E-state index contributed by atoms with van der Waals surface area (Å²) in [6.07, 6.45) is 0. The molecule has 0 radical (unpaired) electrons. The third-order valence-corrected chi connectivity index (χ3v) is 7.01. The minimum absolute atomic E-state index is 0.737. The Morgan fingerprint density at radius 3 is 1.80 bits per heavy atom. The smallest absolute Gasteiger partial charge is 0.0641 e. The predicted molar refractivity (Wildman–Crippen MR) is 147 cm³/mol. The molecule has 166 valence electrons. The van der Waals surface area contributed by atoms with Gasteiger partial charge in [0.25, 0.3) is 0 Å². The lowest BCUT2D eigenvalue weighted by Gasteiger charge is -2.27. The molecule has 0 saturated carbocycles. The summed E-state index contributed by atoms with van der Waals surface area (Å²) >= 11 is 6.59. The van der Waals surface area contributed by atoms with Gasteiger partial charge in [-0.05, 0) is 54.6 Å². The van der Waals surface area contributed by atoms with Crippen LogP contribution >= 0.6 is 11.6 Å². The van der Waals surface area contributed by atoms with Crippen LogP contribution in [-0.2, 0) is 0 Å². The maximum atomic E-state index is 6.59. The van der Waals surface area contributed by atoms with Gasteiger partial charge in [0.1, 0.15) is 0 Å². The number of para-hydroxylation sites is 4. The Morgan fingerprint density at radius 2 is 1.09 bits per heavy atom. The monoisotopic (exact) mass is 468 g/mol. The lowest BCUT2D eigenvalue weighted by atomic mass is 9.98. The molecule has 2 heterocycles. The van der Waals surface area contributed by atoms with Crippen molar-refractivity contribution in [1.82, 2.24) is 4.57 Å². The van der Waals surface area contributed by atoms with Gasteiger partial charge in [0.05, 0.1) is 22.6 Å². The Labute approximate surface area is 209 Å². The van der Waals surface area contributed by atoms with Gasteiger partial charge in [0, 0.05) is 38.5 Å². The van der Waals surface area contributed by atoms with E-state index >= 15 is 0 Å². The average Bonchev–Trinajstić information content (AvgIpc) is 3.18. The summed E-state index contributed by atoms with van der Waals surface area (Å²) in [5.74, 6) is 0. The highest BCUT2D eigenvalue weighted by atomic mass is 35.5. The molecule has 0 spiro atoms. The van der Waals surface area contributed by atoms with E-state index in [4.69, 9.17) is 11.6 Å². The number of fused-ring (bicyclic) bond motifs is 7. The molecule has 0 N–H and O–H groups in total. The van der Waals surface area contributed by atoms with Gasteiger partial charge < -0.3 is 9.47 Å². The van der Waals surface area contributed by atoms with E-state index in [9.17, 15) is 0 Å². The highest BCUT2D eigenvalue weighted by Gasteiger charge is 2.31. The maximum Gasteiger partial charge on any atom is 0.0641 e. The van der Waals surface area contributed by atoms with E-state index in [0.29, 0.717) is 0 Å². The number of nitrogens with zero attached hydrogens (tertiary/aromatic N) is 2. The van der Waals surface area contributed by atoms with Crippen LogP contribution in [0, 0.1) is 0 Å². The highest BCUT2D eigenvalue weighted by Crippen LogP contribution is 2.54. The number of hydrogen-bond donors (Lipinski definition) is 0. The second-order valence-corrected chi connectivity index (χ2v) is 9.20. The van der Waals surface area contributed by atoms with Gasteiger partial charge in [0.15, 0.2) is 0 Å². The van der Waals surface area contributed by atoms with Crippen molar-refractivity contribution >= 4 is 39.6 Å². The summed E-state index contributed by atoms with van der Waals surface area (Å²) in [5.41, 5.74) is 10.4. The van der Waals surface area contributed by atoms with Crippen LogP contribution < -0.4 is 4.90 Å². The Kier molecular flexibility index (Phi) is 4.54. The zero-order valence-corrected chi connectivity index (χ0v) is 19.7. The second kappa shape index (κ2) is 7.90. The van der Waals surface area contributed by atoms with E-state index in [1.807, 2.05) is 6.07 Å². The van der Waals surface area contributed by atoms with Crippen molar-refractivity contribution in [2.75, 3.05) is 4.90 Å². The van der Waals surface area contributed by atoms with Crippen molar-refractivity contribution in [3.8, 4) is 28.1 Å². The molecule has 0 saturated heterocycles. The summed E-state index contributed by atoms with van der Waals surface area (Å²) in [4.78, 5) is 2.37. The van der Waals surface area contributed by atoms with Gasteiger partial charge in [0.2, 0.25) is 0 Å². The van der Waals surface area contributed by atoms with Crippen LogP contribution in [0.25, 0.3) is 39.0 Å². The first kappa shape index (κ1) is 20.1. The summed E-state index contributed by atoms with van der Waals surface area (Å²) in [6, 6.07) is 44.8. The standard InChI is InChI=1S/C32H21ClN2/c33-22-19-20-30-27(21-22)31-25-15-7-9-17-28(25)34(23-11-3-1-4-12-23)29-18-10-8-16-26(29)32(31)35(30)24-13-5-2-6-14-24/h1-21H. The van der Waals surface area contributed by atoms with Crippen LogP contribution in [-0.4, -0.2) is 4.57 Å². The normalized spacial score (nSPS) is 12.1. The quantitative estimate of drug-likeness (QED) is 0.245. The largest absolute Gasteiger partial charge is 0.309 e. The summed E-state index contributed by atoms with van der Waals surface area (Å²) < 4.78 is 2.38. The molecule has 0 atom stereocenters. The van der Waals surface area contributed by atoms with Gasteiger partial charge in [-0.2, -0.15) is 0 Å². The Balaban J connectivity index is 1.71. The first-order valence-corrected chi connectivity index (χ1v) is 12.1. The van der Waals surface area contributed by atoms with Gasteiger partial charge in [-0.25, -0.2) is 0 Å². The summed E-state index contributed by atoms with van der Waals surface area (Å²) in [7, 11) is 0. The highest BCUT2D eigenvalue weighted by molar-refractivity contribution is 6.31. The van der Waals surface area contributed by atoms with Gasteiger partial charge >= 0.3 is 0 Å². The topological polar surface area (TPSA) is 8.17 Å². The lowest BCUT2D eigenvalue weighted by Crippen LogP contribution is -2.11. The molecule has 7 rings (SSSR count). The second-order valence-electron chi connectivity index (χ2n) is 8.76. The summed E-state index contributed by atoms with van der Waals surface area (Å²) in [5, 5.41) is 1.88. The van der Waals surface area contributed by atoms with E-state index in [-0.39, 0.29) is 0 Å². The zero-order chi connectivity index (χ0) is 23.4. The van der Waals surface area contributed by atoms with Crippen LogP contribution in [0.15, 0.2) is 127 Å². The fourth-order valence-electron chi connectivity index (χ4n) is 5.37. The van der Waals surface area contributed by atoms with Gasteiger partial charge in [-0.3, -0.25) is 0 Å². The van der Waals surface area contributed by atoms with E-state index in [0.717, 1.165) is 38.7 Å². The van der Waals surface area contributed by atoms with Crippen LogP contribution in [0.3, 0.4) is 0 Å². The fourth-order valence-corrected chi connectivity index (χ4v) is 5.54. The van der Waals surface area contributed by atoms with Crippen molar-refractivity contribution in [3.05, 3.63) is 132 Å². The number of benzene rings is 5. The first-order valence-electron chi connectivity index (χ1n) is 11.7. The van der Waals surface area contributed by atoms with Crippen molar-refractivity contribution in [2.45, 2.75) is 0 Å². The molecular formula is C32H21ClN2. The number of rotatable bonds is 2. The molecule has 2 nitrogen and oxygen atoms in total. The zero-order valence-electron chi connectivity index (χ0n) is 18.9. The van der Waals surface area contributed by atoms with Crippen molar-refractivity contribution in [1.29, 1.82) is 0 Å². The number of anilines is 3. The van der Waals surface area contributed by atoms with E-state index in [2.05, 4.69) is 131 Å². The molecule has 0 unspecified atom stereocenters. The molecule has 0 aliphatic carbocycles. The number of halogens is 1. The molecule has 1 aliphatic rings. The molecule has 6 aromatic rings. The third kappa shape index (κ3) is 3.04. The lowest BCUT2D eigenvalue weighted by molar-refractivity contribution is 1.13. The van der Waals surface area contributed by atoms with Crippen LogP contribution in [0.4, 0.5) is 17.1 Å². The third-order valence-electron chi connectivity index (χ3n) is 6.77. The van der Waals surface area contributed by atoms with Crippen LogP contribution in [0.1, 0.15) is 0 Å². The average molecular weight is 469 g/mol. The molecule has 5 aromatic carbocycles. The van der Waals surface area contributed by atoms with E-state index in [1.54, 1.807) is 0 Å². The minimum atomic E-state index is 0.737. The Hall–Kier alpha value is -4.27. The predicted octanol–water partition coefficient (Wildman–Crippen LogP) is 9.40. The molecule has 35 heavy (non-hydrogen) atoms. The molecule has 0 amide bonds. The minimum Gasteiger partial charge on any atom is -0.309 e. The van der Waals surface area contributed by atoms with Crippen LogP contribution in [0.5, 0.6) is 0 Å². The number of hydrogen-bond acceptors (Lipinski definition) is 1. The maximum absolute atomic E-state index is 6.59. The van der Waals surface area contributed by atoms with Crippen molar-refractivity contribution in [2.24, 2.45) is 0 Å². The van der Waals surface area contributed by atoms with Crippen molar-refractivity contribution in [3.63, 3.8) is 0 Å². The molecular weight excluding hydrogens is 448 g/mol. The van der Waals surface area contributed by atoms with Crippen molar-refractivity contribution < 1.29 is 0 Å². The Morgan fingerprint density at radius 1 is 0.514 bits per heavy atom. The SMILES string of the molecule is Clc1ccc2c(c1)c1c(n2-c2ccccc2)-c2ccccc2N(c2ccccc2)c2ccccc2-1. The van der Waals surface area contributed by atoms with Gasteiger partial charge in [-0.1, -0.05) is 84.4 Å². The van der Waals surface area contributed by atoms with E-state index < -0.39 is 0 Å². The molecule has 1 aromatic heterocycles. The first-order chi connectivity index (χ1) is 17.3. The fraction of sp³-hybridized carbons (Fsp3) is 0. The molecule has 0 bridgehead atoms. The number of aromatic nitrogens is 1. The summed E-state index contributed by atoms with van der Waals surface area (Å²) in [6.45, 7) is 0. The van der Waals surface area contributed by atoms with Gasteiger partial charge in [-0.15, -0.1) is 0 Å². The molecule has 0 fully saturated rings. The van der Waals surface area contributed by atoms with E-state index in [1.165, 1.54) is 22.4 Å². The molecule has 3 heteroatoms. The van der Waals surface area contributed by atoms with Crippen LogP contribution in [0.2, 0.25) is 5.02 Å².